The quantitative estimate of drug-likeness (QED) is 0.476. The molecule has 7 heteroatoms. The molecule has 0 heterocycles. The van der Waals surface area contributed by atoms with Gasteiger partial charge in [-0.05, 0) is 19.3 Å². The number of carboxylic acids is 2. The minimum absolute atomic E-state index is 0.101. The Morgan fingerprint density at radius 1 is 1.05 bits per heavy atom. The zero-order valence-corrected chi connectivity index (χ0v) is 13.7. The number of unbranched alkanes of at least 4 members (excludes halogenated alkanes) is 2. The third-order valence-corrected chi connectivity index (χ3v) is 6.27. The van der Waals surface area contributed by atoms with E-state index < -0.39 is 30.9 Å². The Morgan fingerprint density at radius 2 is 1.62 bits per heavy atom. The van der Waals surface area contributed by atoms with E-state index in [0.717, 1.165) is 12.8 Å². The summed E-state index contributed by atoms with van der Waals surface area (Å²) in [5, 5.41) is 18.0. The molecule has 0 rings (SSSR count). The Morgan fingerprint density at radius 3 is 2.05 bits per heavy atom. The van der Waals surface area contributed by atoms with Crippen molar-refractivity contribution in [1.82, 2.24) is 0 Å². The number of carbonyl (C=O) groups is 2. The van der Waals surface area contributed by atoms with E-state index in [1.54, 1.807) is 0 Å². The van der Waals surface area contributed by atoms with Gasteiger partial charge in [-0.1, -0.05) is 33.1 Å². The molecule has 0 radical (unpaired) electrons. The highest BCUT2D eigenvalue weighted by atomic mass is 31.2. The van der Waals surface area contributed by atoms with Gasteiger partial charge in [0.25, 0.3) is 0 Å². The molecule has 6 nitrogen and oxygen atoms in total. The van der Waals surface area contributed by atoms with Crippen LogP contribution in [0.15, 0.2) is 0 Å². The fourth-order valence-electron chi connectivity index (χ4n) is 2.41. The molecule has 0 saturated carbocycles. The van der Waals surface area contributed by atoms with Gasteiger partial charge >= 0.3 is 11.9 Å². The summed E-state index contributed by atoms with van der Waals surface area (Å²) in [5.41, 5.74) is -0.846. The standard InChI is InChI=1S/C14H27O6P/c1-3-5-7-12(21(19,20)10-6-4-2)11(14(17)18)8-9-13(15)16/h11-12H,3-10H2,1-2H3,(H,15,16)(H,17,18)(H,19,20). The zero-order chi connectivity index (χ0) is 16.5. The molecular formula is C14H27O6P. The molecule has 124 valence electrons. The zero-order valence-electron chi connectivity index (χ0n) is 12.8. The molecule has 0 aliphatic heterocycles. The van der Waals surface area contributed by atoms with E-state index in [4.69, 9.17) is 5.11 Å². The van der Waals surface area contributed by atoms with Crippen LogP contribution in [0.1, 0.15) is 58.8 Å². The molecule has 0 aromatic carbocycles. The van der Waals surface area contributed by atoms with Crippen LogP contribution in [0.2, 0.25) is 0 Å². The first-order chi connectivity index (χ1) is 9.76. The van der Waals surface area contributed by atoms with E-state index in [2.05, 4.69) is 0 Å². The first-order valence-corrected chi connectivity index (χ1v) is 9.43. The second-order valence-corrected chi connectivity index (χ2v) is 8.04. The molecule has 0 aromatic heterocycles. The first-order valence-electron chi connectivity index (χ1n) is 7.52. The van der Waals surface area contributed by atoms with Crippen molar-refractivity contribution in [3.05, 3.63) is 0 Å². The lowest BCUT2D eigenvalue weighted by Gasteiger charge is -2.28. The van der Waals surface area contributed by atoms with Gasteiger partial charge in [0.15, 0.2) is 0 Å². The highest BCUT2D eigenvalue weighted by Gasteiger charge is 2.39. The highest BCUT2D eigenvalue weighted by Crippen LogP contribution is 2.53. The van der Waals surface area contributed by atoms with Gasteiger partial charge in [0.05, 0.1) is 5.92 Å². The lowest BCUT2D eigenvalue weighted by molar-refractivity contribution is -0.143. The summed E-state index contributed by atoms with van der Waals surface area (Å²) >= 11 is 0. The van der Waals surface area contributed by atoms with E-state index in [9.17, 15) is 24.2 Å². The van der Waals surface area contributed by atoms with Crippen LogP contribution in [-0.2, 0) is 14.2 Å². The van der Waals surface area contributed by atoms with Crippen LogP contribution < -0.4 is 0 Å². The van der Waals surface area contributed by atoms with E-state index in [1.807, 2.05) is 13.8 Å². The summed E-state index contributed by atoms with van der Waals surface area (Å²) in [7, 11) is -3.59. The number of carboxylic acid groups (broad SMARTS) is 2. The van der Waals surface area contributed by atoms with Gasteiger partial charge < -0.3 is 15.1 Å². The molecule has 0 aliphatic rings. The predicted molar refractivity (Wildman–Crippen MR) is 80.9 cm³/mol. The number of hydrogen-bond acceptors (Lipinski definition) is 3. The van der Waals surface area contributed by atoms with Crippen molar-refractivity contribution in [3.8, 4) is 0 Å². The highest BCUT2D eigenvalue weighted by molar-refractivity contribution is 7.58. The molecule has 3 unspecified atom stereocenters. The monoisotopic (exact) mass is 322 g/mol. The molecule has 0 aromatic rings. The first kappa shape index (κ1) is 20.1. The van der Waals surface area contributed by atoms with Crippen molar-refractivity contribution in [2.45, 2.75) is 64.5 Å². The maximum absolute atomic E-state index is 12.5. The number of rotatable bonds is 12. The van der Waals surface area contributed by atoms with Crippen LogP contribution in [0.3, 0.4) is 0 Å². The fourth-order valence-corrected chi connectivity index (χ4v) is 4.93. The molecule has 0 bridgehead atoms. The maximum atomic E-state index is 12.5. The summed E-state index contributed by atoms with van der Waals surface area (Å²) in [4.78, 5) is 32.3. The summed E-state index contributed by atoms with van der Waals surface area (Å²) < 4.78 is 12.5. The molecule has 0 saturated heterocycles. The van der Waals surface area contributed by atoms with E-state index in [0.29, 0.717) is 19.3 Å². The van der Waals surface area contributed by atoms with Crippen molar-refractivity contribution in [3.63, 3.8) is 0 Å². The second kappa shape index (κ2) is 9.96. The summed E-state index contributed by atoms with van der Waals surface area (Å²) in [6.07, 6.45) is 2.86. The van der Waals surface area contributed by atoms with E-state index in [1.165, 1.54) is 0 Å². The lowest BCUT2D eigenvalue weighted by Crippen LogP contribution is -2.30. The average Bonchev–Trinajstić information content (AvgIpc) is 2.39. The van der Waals surface area contributed by atoms with Crippen LogP contribution in [-0.4, -0.2) is 38.9 Å². The summed E-state index contributed by atoms with van der Waals surface area (Å²) in [6, 6.07) is 0. The van der Waals surface area contributed by atoms with Gasteiger partial charge in [0.1, 0.15) is 0 Å². The van der Waals surface area contributed by atoms with Crippen molar-refractivity contribution >= 4 is 19.3 Å². The van der Waals surface area contributed by atoms with Crippen LogP contribution >= 0.6 is 7.37 Å². The smallest absolute Gasteiger partial charge is 0.307 e. The Balaban J connectivity index is 5.15. The van der Waals surface area contributed by atoms with Crippen LogP contribution in [0.5, 0.6) is 0 Å². The maximum Gasteiger partial charge on any atom is 0.307 e. The van der Waals surface area contributed by atoms with Gasteiger partial charge in [-0.3, -0.25) is 14.2 Å². The largest absolute Gasteiger partial charge is 0.481 e. The third kappa shape index (κ3) is 7.63. The second-order valence-electron chi connectivity index (χ2n) is 5.42. The average molecular weight is 322 g/mol. The van der Waals surface area contributed by atoms with Crippen molar-refractivity contribution in [1.29, 1.82) is 0 Å². The fraction of sp³-hybridized carbons (Fsp3) is 0.857. The molecule has 21 heavy (non-hydrogen) atoms. The van der Waals surface area contributed by atoms with Crippen LogP contribution in [0.25, 0.3) is 0 Å². The Kier molecular flexibility index (Phi) is 9.54. The Hall–Kier alpha value is -0.870. The van der Waals surface area contributed by atoms with Crippen molar-refractivity contribution < 1.29 is 29.3 Å². The Bertz CT molecular complexity index is 382. The predicted octanol–water partition coefficient (Wildman–Crippen LogP) is 3.18. The Labute approximate surface area is 126 Å². The van der Waals surface area contributed by atoms with Gasteiger partial charge in [-0.2, -0.15) is 0 Å². The van der Waals surface area contributed by atoms with Crippen molar-refractivity contribution in [2.75, 3.05) is 6.16 Å². The SMILES string of the molecule is CCCCC(C(CCC(=O)O)C(=O)O)P(=O)(O)CCCC. The number of hydrogen-bond donors (Lipinski definition) is 3. The summed E-state index contributed by atoms with van der Waals surface area (Å²) in [6.45, 7) is 3.83. The van der Waals surface area contributed by atoms with Gasteiger partial charge in [0.2, 0.25) is 7.37 Å². The molecule has 3 atom stereocenters. The summed E-state index contributed by atoms with van der Waals surface area (Å²) in [5.74, 6) is -3.33. The molecule has 0 amide bonds. The lowest BCUT2D eigenvalue weighted by atomic mass is 9.95. The topological polar surface area (TPSA) is 112 Å². The van der Waals surface area contributed by atoms with Gasteiger partial charge in [-0.25, -0.2) is 0 Å². The molecule has 0 aliphatic carbocycles. The van der Waals surface area contributed by atoms with E-state index in [-0.39, 0.29) is 19.0 Å². The van der Waals surface area contributed by atoms with Crippen LogP contribution in [0.4, 0.5) is 0 Å². The normalized spacial score (nSPS) is 16.9. The van der Waals surface area contributed by atoms with Crippen LogP contribution in [0, 0.1) is 5.92 Å². The molecule has 0 spiro atoms. The van der Waals surface area contributed by atoms with E-state index >= 15 is 0 Å². The molecular weight excluding hydrogens is 295 g/mol. The minimum atomic E-state index is -3.59. The van der Waals surface area contributed by atoms with Gasteiger partial charge in [0, 0.05) is 18.2 Å². The third-order valence-electron chi connectivity index (χ3n) is 3.65. The molecule has 3 N–H and O–H groups in total. The minimum Gasteiger partial charge on any atom is -0.481 e. The van der Waals surface area contributed by atoms with Crippen molar-refractivity contribution in [2.24, 2.45) is 5.92 Å². The number of aliphatic carboxylic acids is 2. The molecule has 0 fully saturated rings. The van der Waals surface area contributed by atoms with Gasteiger partial charge in [-0.15, -0.1) is 0 Å².